The van der Waals surface area contributed by atoms with E-state index < -0.39 is 5.97 Å². The molecule has 20 heavy (non-hydrogen) atoms. The molecule has 4 heteroatoms. The highest BCUT2D eigenvalue weighted by Gasteiger charge is 2.12. The lowest BCUT2D eigenvalue weighted by Gasteiger charge is -2.19. The van der Waals surface area contributed by atoms with Crippen molar-refractivity contribution in [3.63, 3.8) is 0 Å². The van der Waals surface area contributed by atoms with Crippen molar-refractivity contribution in [3.8, 4) is 0 Å². The van der Waals surface area contributed by atoms with E-state index in [1.165, 1.54) is 0 Å². The minimum absolute atomic E-state index is 0.0967. The molecular weight excluding hydrogens is 252 g/mol. The van der Waals surface area contributed by atoms with Gasteiger partial charge in [0.15, 0.2) is 0 Å². The molecule has 0 unspecified atom stereocenters. The molecule has 1 N–H and O–H groups in total. The van der Waals surface area contributed by atoms with E-state index in [9.17, 15) is 4.79 Å². The fraction of sp³-hybridized carbons (Fsp3) is 0.125. The molecule has 0 saturated carbocycles. The smallest absolute Gasteiger partial charge is 0.323 e. The SMILES string of the molecule is CN(CC(=O)O)C(=Nc1ccccc1)c1ccccc1. The summed E-state index contributed by atoms with van der Waals surface area (Å²) in [6, 6.07) is 19.1. The largest absolute Gasteiger partial charge is 0.480 e. The van der Waals surface area contributed by atoms with Crippen molar-refractivity contribution >= 4 is 17.5 Å². The highest BCUT2D eigenvalue weighted by atomic mass is 16.4. The second-order valence-electron chi connectivity index (χ2n) is 4.39. The zero-order valence-corrected chi connectivity index (χ0v) is 11.2. The number of rotatable bonds is 4. The van der Waals surface area contributed by atoms with Gasteiger partial charge in [-0.1, -0.05) is 48.5 Å². The molecule has 0 radical (unpaired) electrons. The number of aliphatic imine (C=N–C) groups is 1. The lowest BCUT2D eigenvalue weighted by Crippen LogP contribution is -2.32. The summed E-state index contributed by atoms with van der Waals surface area (Å²) in [6.45, 7) is -0.0967. The van der Waals surface area contributed by atoms with Gasteiger partial charge in [-0.3, -0.25) is 4.79 Å². The standard InChI is InChI=1S/C16H16N2O2/c1-18(12-15(19)20)16(13-8-4-2-5-9-13)17-14-10-6-3-7-11-14/h2-11H,12H2,1H3,(H,19,20). The van der Waals surface area contributed by atoms with Crippen LogP contribution in [0.4, 0.5) is 5.69 Å². The molecule has 0 amide bonds. The van der Waals surface area contributed by atoms with E-state index in [1.807, 2.05) is 60.7 Å². The van der Waals surface area contributed by atoms with Crippen molar-refractivity contribution in [2.24, 2.45) is 4.99 Å². The first-order valence-electron chi connectivity index (χ1n) is 6.29. The molecule has 2 aromatic rings. The quantitative estimate of drug-likeness (QED) is 0.685. The lowest BCUT2D eigenvalue weighted by atomic mass is 10.2. The molecule has 0 atom stereocenters. The Morgan fingerprint density at radius 2 is 1.60 bits per heavy atom. The third-order valence-corrected chi connectivity index (χ3v) is 2.76. The van der Waals surface area contributed by atoms with Gasteiger partial charge >= 0.3 is 5.97 Å². The second kappa shape index (κ2) is 6.52. The normalized spacial score (nSPS) is 11.2. The molecule has 0 aliphatic carbocycles. The predicted molar refractivity (Wildman–Crippen MR) is 79.3 cm³/mol. The van der Waals surface area contributed by atoms with Crippen LogP contribution in [0.25, 0.3) is 0 Å². The van der Waals surface area contributed by atoms with Gasteiger partial charge in [0, 0.05) is 12.6 Å². The van der Waals surface area contributed by atoms with Gasteiger partial charge in [-0.05, 0) is 12.1 Å². The summed E-state index contributed by atoms with van der Waals surface area (Å²) in [5.41, 5.74) is 1.68. The number of carboxylic acid groups (broad SMARTS) is 1. The third kappa shape index (κ3) is 3.68. The summed E-state index contributed by atoms with van der Waals surface area (Å²) >= 11 is 0. The molecule has 0 bridgehead atoms. The number of para-hydroxylation sites is 1. The number of carboxylic acids is 1. The number of hydrogen-bond donors (Lipinski definition) is 1. The number of nitrogens with zero attached hydrogens (tertiary/aromatic N) is 2. The van der Waals surface area contributed by atoms with Gasteiger partial charge in [-0.15, -0.1) is 0 Å². The average molecular weight is 268 g/mol. The fourth-order valence-corrected chi connectivity index (χ4v) is 1.86. The maximum Gasteiger partial charge on any atom is 0.323 e. The zero-order valence-electron chi connectivity index (χ0n) is 11.2. The van der Waals surface area contributed by atoms with E-state index in [0.717, 1.165) is 11.3 Å². The highest BCUT2D eigenvalue weighted by Crippen LogP contribution is 2.14. The summed E-state index contributed by atoms with van der Waals surface area (Å²) < 4.78 is 0. The van der Waals surface area contributed by atoms with E-state index >= 15 is 0 Å². The number of carbonyl (C=O) groups is 1. The van der Waals surface area contributed by atoms with Crippen LogP contribution in [0.15, 0.2) is 65.7 Å². The van der Waals surface area contributed by atoms with Crippen molar-refractivity contribution in [2.45, 2.75) is 0 Å². The number of benzene rings is 2. The van der Waals surface area contributed by atoms with Gasteiger partial charge in [-0.2, -0.15) is 0 Å². The minimum Gasteiger partial charge on any atom is -0.480 e. The van der Waals surface area contributed by atoms with Gasteiger partial charge in [0.2, 0.25) is 0 Å². The summed E-state index contributed by atoms with van der Waals surface area (Å²) in [5.74, 6) is -0.247. The molecule has 4 nitrogen and oxygen atoms in total. The Morgan fingerprint density at radius 3 is 2.15 bits per heavy atom. The van der Waals surface area contributed by atoms with Gasteiger partial charge in [-0.25, -0.2) is 4.99 Å². The Bertz CT molecular complexity index is 594. The van der Waals surface area contributed by atoms with Crippen LogP contribution in [0.5, 0.6) is 0 Å². The molecule has 0 fully saturated rings. The van der Waals surface area contributed by atoms with E-state index in [-0.39, 0.29) is 6.54 Å². The Morgan fingerprint density at radius 1 is 1.05 bits per heavy atom. The first-order valence-corrected chi connectivity index (χ1v) is 6.29. The Labute approximate surface area is 118 Å². The van der Waals surface area contributed by atoms with Gasteiger partial charge in [0.05, 0.1) is 5.69 Å². The van der Waals surface area contributed by atoms with E-state index in [1.54, 1.807) is 11.9 Å². The molecule has 0 heterocycles. The monoisotopic (exact) mass is 268 g/mol. The van der Waals surface area contributed by atoms with Gasteiger partial charge in [0.1, 0.15) is 12.4 Å². The fourth-order valence-electron chi connectivity index (χ4n) is 1.86. The molecule has 0 spiro atoms. The first-order chi connectivity index (χ1) is 9.66. The average Bonchev–Trinajstić information content (AvgIpc) is 2.46. The van der Waals surface area contributed by atoms with Crippen LogP contribution in [0, 0.1) is 0 Å². The minimum atomic E-state index is -0.885. The van der Waals surface area contributed by atoms with Crippen LogP contribution in [-0.4, -0.2) is 35.4 Å². The second-order valence-corrected chi connectivity index (χ2v) is 4.39. The summed E-state index contributed by atoms with van der Waals surface area (Å²) in [6.07, 6.45) is 0. The van der Waals surface area contributed by atoms with Crippen LogP contribution >= 0.6 is 0 Å². The van der Waals surface area contributed by atoms with Crippen LogP contribution in [0.3, 0.4) is 0 Å². The number of likely N-dealkylation sites (N-methyl/N-ethyl adjacent to an activating group) is 1. The molecule has 0 aliphatic rings. The topological polar surface area (TPSA) is 52.9 Å². The first kappa shape index (κ1) is 13.8. The highest BCUT2D eigenvalue weighted by molar-refractivity contribution is 6.01. The van der Waals surface area contributed by atoms with Gasteiger partial charge in [0.25, 0.3) is 0 Å². The van der Waals surface area contributed by atoms with Crippen molar-refractivity contribution in [1.82, 2.24) is 4.90 Å². The van der Waals surface area contributed by atoms with Crippen LogP contribution in [0.2, 0.25) is 0 Å². The maximum absolute atomic E-state index is 10.9. The van der Waals surface area contributed by atoms with Crippen LogP contribution < -0.4 is 0 Å². The van der Waals surface area contributed by atoms with Crippen LogP contribution in [0.1, 0.15) is 5.56 Å². The van der Waals surface area contributed by atoms with Crippen LogP contribution in [-0.2, 0) is 4.79 Å². The number of amidine groups is 1. The van der Waals surface area contributed by atoms with E-state index in [4.69, 9.17) is 5.11 Å². The van der Waals surface area contributed by atoms with Crippen molar-refractivity contribution in [2.75, 3.05) is 13.6 Å². The third-order valence-electron chi connectivity index (χ3n) is 2.76. The van der Waals surface area contributed by atoms with E-state index in [2.05, 4.69) is 4.99 Å². The molecule has 102 valence electrons. The number of aliphatic carboxylic acids is 1. The van der Waals surface area contributed by atoms with Crippen molar-refractivity contribution in [3.05, 3.63) is 66.2 Å². The summed E-state index contributed by atoms with van der Waals surface area (Å²) in [5, 5.41) is 8.95. The van der Waals surface area contributed by atoms with E-state index in [0.29, 0.717) is 5.84 Å². The Hall–Kier alpha value is -2.62. The summed E-state index contributed by atoms with van der Waals surface area (Å²) in [7, 11) is 1.73. The summed E-state index contributed by atoms with van der Waals surface area (Å²) in [4.78, 5) is 17.1. The lowest BCUT2D eigenvalue weighted by molar-refractivity contribution is -0.137. The van der Waals surface area contributed by atoms with Gasteiger partial charge < -0.3 is 10.0 Å². The Kier molecular flexibility index (Phi) is 4.50. The molecule has 2 rings (SSSR count). The Balaban J connectivity index is 2.39. The molecular formula is C16H16N2O2. The molecule has 0 aliphatic heterocycles. The zero-order chi connectivity index (χ0) is 14.4. The number of hydrogen-bond acceptors (Lipinski definition) is 2. The maximum atomic E-state index is 10.9. The van der Waals surface area contributed by atoms with Crippen molar-refractivity contribution < 1.29 is 9.90 Å². The predicted octanol–water partition coefficient (Wildman–Crippen LogP) is 2.78. The molecule has 0 aromatic heterocycles. The molecule has 2 aromatic carbocycles. The molecule has 0 saturated heterocycles. The van der Waals surface area contributed by atoms with Crippen molar-refractivity contribution in [1.29, 1.82) is 0 Å².